The predicted molar refractivity (Wildman–Crippen MR) is 82.8 cm³/mol. The average Bonchev–Trinajstić information content (AvgIpc) is 2.50. The van der Waals surface area contributed by atoms with Gasteiger partial charge in [0.25, 0.3) is 0 Å². The van der Waals surface area contributed by atoms with E-state index in [1.54, 1.807) is 0 Å². The van der Waals surface area contributed by atoms with Gasteiger partial charge in [-0.2, -0.15) is 0 Å². The van der Waals surface area contributed by atoms with Gasteiger partial charge in [0.2, 0.25) is 6.34 Å². The Kier molecular flexibility index (Phi) is 4.12. The van der Waals surface area contributed by atoms with Gasteiger partial charge in [-0.3, -0.25) is 9.48 Å². The van der Waals surface area contributed by atoms with E-state index in [0.29, 0.717) is 0 Å². The number of hydrogen-bond acceptors (Lipinski definition) is 1. The Morgan fingerprint density at radius 1 is 0.850 bits per heavy atom. The van der Waals surface area contributed by atoms with E-state index in [2.05, 4.69) is 76.5 Å². The monoisotopic (exact) mass is 265 g/mol. The summed E-state index contributed by atoms with van der Waals surface area (Å²) in [7, 11) is 0. The van der Waals surface area contributed by atoms with Crippen LogP contribution >= 0.6 is 0 Å². The van der Waals surface area contributed by atoms with Crippen LogP contribution in [0.5, 0.6) is 0 Å². The Hall–Kier alpha value is -2.09. The van der Waals surface area contributed by atoms with Crippen molar-refractivity contribution < 1.29 is 4.58 Å². The van der Waals surface area contributed by atoms with E-state index in [9.17, 15) is 0 Å². The second kappa shape index (κ2) is 6.38. The molecule has 0 saturated carbocycles. The third-order valence-corrected chi connectivity index (χ3v) is 3.67. The zero-order valence-electron chi connectivity index (χ0n) is 11.8. The number of benzene rings is 2. The molecule has 0 aliphatic carbocycles. The van der Waals surface area contributed by atoms with Gasteiger partial charge < -0.3 is 0 Å². The topological polar surface area (TPSA) is 6.25 Å². The maximum Gasteiger partial charge on any atom is 0.234 e. The van der Waals surface area contributed by atoms with Gasteiger partial charge in [-0.25, -0.2) is 0 Å². The summed E-state index contributed by atoms with van der Waals surface area (Å²) >= 11 is 0. The van der Waals surface area contributed by atoms with Gasteiger partial charge >= 0.3 is 0 Å². The van der Waals surface area contributed by atoms with Gasteiger partial charge in [0, 0.05) is 6.42 Å². The zero-order valence-corrected chi connectivity index (χ0v) is 11.8. The van der Waals surface area contributed by atoms with Crippen molar-refractivity contribution >= 4 is 6.34 Å². The van der Waals surface area contributed by atoms with Gasteiger partial charge in [0.1, 0.15) is 13.1 Å². The lowest BCUT2D eigenvalue weighted by Gasteiger charge is -2.21. The first kappa shape index (κ1) is 12.9. The van der Waals surface area contributed by atoms with Crippen LogP contribution in [0.25, 0.3) is 0 Å². The van der Waals surface area contributed by atoms with Crippen molar-refractivity contribution in [3.8, 4) is 0 Å². The molecule has 0 bridgehead atoms. The van der Waals surface area contributed by atoms with Crippen LogP contribution in [0.4, 0.5) is 0 Å². The van der Waals surface area contributed by atoms with Gasteiger partial charge in [-0.1, -0.05) is 60.7 Å². The molecule has 0 aromatic heterocycles. The largest absolute Gasteiger partial charge is 0.264 e. The van der Waals surface area contributed by atoms with Crippen LogP contribution in [0, 0.1) is 0 Å². The molecule has 1 heterocycles. The molecule has 2 nitrogen and oxygen atoms in total. The van der Waals surface area contributed by atoms with Crippen LogP contribution in [0.1, 0.15) is 17.5 Å². The SMILES string of the molecule is C1=[N+](Cc2ccccc2)CCCN1Cc1ccccc1. The fourth-order valence-electron chi connectivity index (χ4n) is 2.70. The normalized spacial score (nSPS) is 15.0. The maximum absolute atomic E-state index is 2.42. The van der Waals surface area contributed by atoms with Crippen molar-refractivity contribution in [2.75, 3.05) is 13.1 Å². The van der Waals surface area contributed by atoms with E-state index < -0.39 is 0 Å². The lowest BCUT2D eigenvalue weighted by Crippen LogP contribution is -2.35. The molecule has 2 aromatic carbocycles. The van der Waals surface area contributed by atoms with Crippen LogP contribution in [0.15, 0.2) is 60.7 Å². The van der Waals surface area contributed by atoms with Crippen molar-refractivity contribution in [3.05, 3.63) is 71.8 Å². The first-order chi connectivity index (χ1) is 9.90. The minimum absolute atomic E-state index is 1.01. The quantitative estimate of drug-likeness (QED) is 0.770. The van der Waals surface area contributed by atoms with Crippen LogP contribution in [-0.2, 0) is 13.1 Å². The minimum Gasteiger partial charge on any atom is -0.264 e. The molecular formula is C18H21N2+. The molecule has 2 heteroatoms. The highest BCUT2D eigenvalue weighted by atomic mass is 15.2. The van der Waals surface area contributed by atoms with Gasteiger partial charge in [-0.15, -0.1) is 0 Å². The van der Waals surface area contributed by atoms with Gasteiger partial charge in [-0.05, 0) is 11.1 Å². The van der Waals surface area contributed by atoms with Crippen molar-refractivity contribution in [2.45, 2.75) is 19.5 Å². The summed E-state index contributed by atoms with van der Waals surface area (Å²) in [4.78, 5) is 2.42. The zero-order chi connectivity index (χ0) is 13.6. The summed E-state index contributed by atoms with van der Waals surface area (Å²) < 4.78 is 2.42. The van der Waals surface area contributed by atoms with E-state index in [0.717, 1.165) is 26.2 Å². The molecule has 0 unspecified atom stereocenters. The number of nitrogens with zero attached hydrogens (tertiary/aromatic N) is 2. The highest BCUT2D eigenvalue weighted by Gasteiger charge is 2.16. The van der Waals surface area contributed by atoms with Gasteiger partial charge in [0.15, 0.2) is 0 Å². The van der Waals surface area contributed by atoms with Crippen molar-refractivity contribution in [1.82, 2.24) is 4.90 Å². The third kappa shape index (κ3) is 3.47. The van der Waals surface area contributed by atoms with Crippen LogP contribution < -0.4 is 0 Å². The molecule has 102 valence electrons. The molecule has 0 amide bonds. The number of hydrogen-bond donors (Lipinski definition) is 0. The van der Waals surface area contributed by atoms with E-state index in [1.807, 2.05) is 0 Å². The molecule has 0 fully saturated rings. The van der Waals surface area contributed by atoms with E-state index in [-0.39, 0.29) is 0 Å². The van der Waals surface area contributed by atoms with Crippen molar-refractivity contribution in [2.24, 2.45) is 0 Å². The standard InChI is InChI=1S/C18H21N2/c1-3-8-17(9-4-1)14-19-12-7-13-20(16-19)15-18-10-5-2-6-11-18/h1-6,8-11,16H,7,12-15H2/q+1. The Balaban J connectivity index is 1.67. The summed E-state index contributed by atoms with van der Waals surface area (Å²) in [5.74, 6) is 0. The average molecular weight is 265 g/mol. The Labute approximate surface area is 121 Å². The summed E-state index contributed by atoms with van der Waals surface area (Å²) in [6.07, 6.45) is 3.53. The predicted octanol–water partition coefficient (Wildman–Crippen LogP) is 3.13. The first-order valence-corrected chi connectivity index (χ1v) is 7.31. The molecule has 20 heavy (non-hydrogen) atoms. The molecule has 0 saturated heterocycles. The van der Waals surface area contributed by atoms with Crippen LogP contribution in [-0.4, -0.2) is 28.9 Å². The van der Waals surface area contributed by atoms with E-state index >= 15 is 0 Å². The Bertz CT molecular complexity index is 560. The molecular weight excluding hydrogens is 244 g/mol. The lowest BCUT2D eigenvalue weighted by molar-refractivity contribution is -0.549. The Morgan fingerprint density at radius 2 is 1.50 bits per heavy atom. The summed E-state index contributed by atoms with van der Waals surface area (Å²) in [6, 6.07) is 21.4. The maximum atomic E-state index is 2.42. The molecule has 0 radical (unpaired) electrons. The van der Waals surface area contributed by atoms with Crippen molar-refractivity contribution in [1.29, 1.82) is 0 Å². The van der Waals surface area contributed by atoms with E-state index in [4.69, 9.17) is 0 Å². The molecule has 0 N–H and O–H groups in total. The fourth-order valence-corrected chi connectivity index (χ4v) is 2.70. The summed E-state index contributed by atoms with van der Waals surface area (Å²) in [6.45, 7) is 4.32. The lowest BCUT2D eigenvalue weighted by atomic mass is 10.2. The highest BCUT2D eigenvalue weighted by molar-refractivity contribution is 5.49. The Morgan fingerprint density at radius 3 is 2.20 bits per heavy atom. The molecule has 0 atom stereocenters. The van der Waals surface area contributed by atoms with E-state index in [1.165, 1.54) is 17.5 Å². The second-order valence-electron chi connectivity index (χ2n) is 5.38. The molecule has 2 aromatic rings. The van der Waals surface area contributed by atoms with Gasteiger partial charge in [0.05, 0.1) is 13.1 Å². The summed E-state index contributed by atoms with van der Waals surface area (Å²) in [5, 5.41) is 0. The smallest absolute Gasteiger partial charge is 0.234 e. The molecule has 0 spiro atoms. The van der Waals surface area contributed by atoms with Crippen LogP contribution in [0.3, 0.4) is 0 Å². The molecule has 3 rings (SSSR count). The molecule has 1 aliphatic rings. The third-order valence-electron chi connectivity index (χ3n) is 3.67. The minimum atomic E-state index is 1.01. The summed E-state index contributed by atoms with van der Waals surface area (Å²) in [5.41, 5.74) is 2.76. The van der Waals surface area contributed by atoms with Crippen LogP contribution in [0.2, 0.25) is 0 Å². The highest BCUT2D eigenvalue weighted by Crippen LogP contribution is 2.08. The molecule has 1 aliphatic heterocycles. The first-order valence-electron chi connectivity index (χ1n) is 7.31. The fraction of sp³-hybridized carbons (Fsp3) is 0.278. The second-order valence-corrected chi connectivity index (χ2v) is 5.38. The van der Waals surface area contributed by atoms with Crippen molar-refractivity contribution in [3.63, 3.8) is 0 Å². The number of rotatable bonds is 4.